The van der Waals surface area contributed by atoms with Crippen molar-refractivity contribution in [3.8, 4) is 34.1 Å². The van der Waals surface area contributed by atoms with E-state index in [0.29, 0.717) is 25.7 Å². The Morgan fingerprint density at radius 2 is 1.00 bits per heavy atom. The SMILES string of the molecule is CCCCC(CC)CC(CC(CC)CCCC)(C(=O)[O-])C(C(=O)[O-])S(=O)(=O)O.COc1ccc2c(c1)CCc1cc3c(ccc4ccccc43)[o+]c1-2.COc1ccc2c(c1)CCc1cc3c(ccc4ccccc43)[o+]c1-2. The molecular weight excluding hydrogens is 977 g/mol. The largest absolute Gasteiger partial charge is 0.549 e. The molecule has 0 radical (unpaired) electrons. The molecule has 0 fully saturated rings. The van der Waals surface area contributed by atoms with E-state index in [0.717, 1.165) is 85.6 Å². The lowest BCUT2D eigenvalue weighted by molar-refractivity contribution is -0.329. The molecule has 10 rings (SSSR count). The van der Waals surface area contributed by atoms with E-state index in [1.54, 1.807) is 14.2 Å². The minimum atomic E-state index is -5.20. The molecule has 11 nitrogen and oxygen atoms in total. The van der Waals surface area contributed by atoms with Crippen molar-refractivity contribution in [3.05, 3.63) is 144 Å². The van der Waals surface area contributed by atoms with Gasteiger partial charge in [0.05, 0.1) is 53.2 Å². The number of unbranched alkanes of at least 4 members (excludes halogenated alkanes) is 2. The molecule has 2 aliphatic carbocycles. The molecule has 3 atom stereocenters. The van der Waals surface area contributed by atoms with E-state index < -0.39 is 32.7 Å². The molecule has 3 unspecified atom stereocenters. The number of carboxylic acid groups (broad SMARTS) is 2. The van der Waals surface area contributed by atoms with Crippen molar-refractivity contribution in [2.45, 2.75) is 123 Å². The van der Waals surface area contributed by atoms with Crippen molar-refractivity contribution in [1.29, 1.82) is 0 Å². The topological polar surface area (TPSA) is 176 Å². The first-order valence-electron chi connectivity index (χ1n) is 26.9. The molecule has 0 saturated carbocycles. The Hall–Kier alpha value is -6.89. The lowest BCUT2D eigenvalue weighted by Gasteiger charge is -2.44. The molecule has 0 spiro atoms. The fraction of sp³-hybridized carbons (Fsp3) is 0.375. The molecule has 6 aromatic carbocycles. The smallest absolute Gasteiger partial charge is 0.364 e. The summed E-state index contributed by atoms with van der Waals surface area (Å²) in [7, 11) is -1.78. The van der Waals surface area contributed by atoms with E-state index >= 15 is 0 Å². The number of carbonyl (C=O) groups is 2. The van der Waals surface area contributed by atoms with Gasteiger partial charge in [0.25, 0.3) is 10.1 Å². The zero-order valence-corrected chi connectivity index (χ0v) is 45.4. The Balaban J connectivity index is 0.000000151. The van der Waals surface area contributed by atoms with E-state index in [1.807, 2.05) is 39.8 Å². The summed E-state index contributed by atoms with van der Waals surface area (Å²) in [6, 6.07) is 42.5. The summed E-state index contributed by atoms with van der Waals surface area (Å²) in [5.74, 6) is -0.404. The van der Waals surface area contributed by atoms with E-state index in [1.165, 1.54) is 65.7 Å². The molecule has 2 aliphatic rings. The van der Waals surface area contributed by atoms with Crippen LogP contribution in [0.5, 0.6) is 11.5 Å². The Kier molecular flexibility index (Phi) is 17.8. The number of ether oxygens (including phenoxy) is 2. The maximum Gasteiger partial charge on any atom is 0.364 e. The average Bonchev–Trinajstić information content (AvgIpc) is 3.49. The Morgan fingerprint density at radius 3 is 1.37 bits per heavy atom. The summed E-state index contributed by atoms with van der Waals surface area (Å²) in [4.78, 5) is 24.0. The first-order chi connectivity index (χ1) is 36.7. The molecular formula is C64H70O11S. The number of hydrogen-bond donors (Lipinski definition) is 1. The van der Waals surface area contributed by atoms with Gasteiger partial charge >= 0.3 is 22.7 Å². The second-order valence-corrected chi connectivity index (χ2v) is 22.0. The van der Waals surface area contributed by atoms with Gasteiger partial charge in [-0.1, -0.05) is 128 Å². The van der Waals surface area contributed by atoms with Crippen molar-refractivity contribution in [1.82, 2.24) is 0 Å². The van der Waals surface area contributed by atoms with Crippen LogP contribution in [-0.2, 0) is 45.4 Å². The molecule has 1 N–H and O–H groups in total. The number of carbonyl (C=O) groups excluding carboxylic acids is 2. The highest BCUT2D eigenvalue weighted by atomic mass is 32.2. The Labute approximate surface area is 446 Å². The maximum atomic E-state index is 12.3. The van der Waals surface area contributed by atoms with E-state index in [9.17, 15) is 32.8 Å². The van der Waals surface area contributed by atoms with Crippen LogP contribution in [0.25, 0.3) is 66.1 Å². The van der Waals surface area contributed by atoms with Crippen LogP contribution in [0.3, 0.4) is 0 Å². The van der Waals surface area contributed by atoms with Gasteiger partial charge in [0.15, 0.2) is 0 Å². The molecule has 76 heavy (non-hydrogen) atoms. The molecule has 0 saturated heterocycles. The molecule has 0 bridgehead atoms. The summed E-state index contributed by atoms with van der Waals surface area (Å²) in [6.07, 6.45) is 9.53. The second-order valence-electron chi connectivity index (χ2n) is 20.5. The van der Waals surface area contributed by atoms with Gasteiger partial charge in [-0.25, -0.2) is 8.83 Å². The van der Waals surface area contributed by atoms with Crippen LogP contribution >= 0.6 is 0 Å². The lowest BCUT2D eigenvalue weighted by atomic mass is 9.68. The highest BCUT2D eigenvalue weighted by Crippen LogP contribution is 2.45. The minimum Gasteiger partial charge on any atom is -0.549 e. The number of fused-ring (bicyclic) bond motifs is 12. The first-order valence-corrected chi connectivity index (χ1v) is 28.4. The third-order valence-electron chi connectivity index (χ3n) is 15.8. The van der Waals surface area contributed by atoms with Crippen molar-refractivity contribution >= 4 is 65.5 Å². The second kappa shape index (κ2) is 24.4. The number of methoxy groups -OCH3 is 2. The van der Waals surface area contributed by atoms with Crippen molar-refractivity contribution in [2.24, 2.45) is 17.3 Å². The number of hydrogen-bond acceptors (Lipinski definition) is 8. The molecule has 0 amide bonds. The van der Waals surface area contributed by atoms with Crippen LogP contribution in [0.15, 0.2) is 130 Å². The zero-order valence-electron chi connectivity index (χ0n) is 44.6. The predicted molar refractivity (Wildman–Crippen MR) is 299 cm³/mol. The summed E-state index contributed by atoms with van der Waals surface area (Å²) < 4.78 is 56.9. The average molecular weight is 1050 g/mol. The van der Waals surface area contributed by atoms with Crippen LogP contribution in [0.4, 0.5) is 0 Å². The van der Waals surface area contributed by atoms with Gasteiger partial charge in [-0.15, -0.1) is 0 Å². The number of rotatable bonds is 18. The maximum absolute atomic E-state index is 12.3. The van der Waals surface area contributed by atoms with E-state index in [4.69, 9.17) is 18.3 Å². The molecule has 12 heteroatoms. The number of benzene rings is 6. The quantitative estimate of drug-likeness (QED) is 0.0492. The lowest BCUT2D eigenvalue weighted by Crippen LogP contribution is -2.60. The van der Waals surface area contributed by atoms with Gasteiger partial charge in [0.1, 0.15) is 16.7 Å². The first kappa shape index (κ1) is 55.3. The van der Waals surface area contributed by atoms with Gasteiger partial charge in [-0.2, -0.15) is 8.42 Å². The van der Waals surface area contributed by atoms with Crippen LogP contribution in [0.1, 0.15) is 114 Å². The minimum absolute atomic E-state index is 0.174. The fourth-order valence-corrected chi connectivity index (χ4v) is 12.7. The van der Waals surface area contributed by atoms with Crippen LogP contribution in [0.2, 0.25) is 0 Å². The van der Waals surface area contributed by atoms with Crippen molar-refractivity contribution in [2.75, 3.05) is 14.2 Å². The highest BCUT2D eigenvalue weighted by Gasteiger charge is 2.50. The molecule has 0 aliphatic heterocycles. The van der Waals surface area contributed by atoms with Gasteiger partial charge in [-0.05, 0) is 144 Å². The van der Waals surface area contributed by atoms with Gasteiger partial charge in [0.2, 0.25) is 0 Å². The molecule has 2 heterocycles. The van der Waals surface area contributed by atoms with E-state index in [2.05, 4.69) is 109 Å². The van der Waals surface area contributed by atoms with Crippen molar-refractivity contribution < 1.29 is 51.1 Å². The highest BCUT2D eigenvalue weighted by molar-refractivity contribution is 7.87. The normalized spacial score (nSPS) is 14.6. The Morgan fingerprint density at radius 1 is 0.579 bits per heavy atom. The van der Waals surface area contributed by atoms with E-state index in [-0.39, 0.29) is 24.7 Å². The third kappa shape index (κ3) is 11.9. The van der Waals surface area contributed by atoms with Crippen molar-refractivity contribution in [3.63, 3.8) is 0 Å². The van der Waals surface area contributed by atoms with Gasteiger partial charge in [-0.3, -0.25) is 4.55 Å². The zero-order chi connectivity index (χ0) is 54.1. The summed E-state index contributed by atoms with van der Waals surface area (Å²) in [5.41, 5.74) is 7.20. The van der Waals surface area contributed by atoms with Gasteiger partial charge in [0, 0.05) is 23.5 Å². The third-order valence-corrected chi connectivity index (χ3v) is 17.0. The molecule has 8 aromatic rings. The van der Waals surface area contributed by atoms with Crippen LogP contribution in [-0.4, -0.2) is 44.4 Å². The summed E-state index contributed by atoms with van der Waals surface area (Å²) >= 11 is 0. The summed E-state index contributed by atoms with van der Waals surface area (Å²) in [5, 5.41) is 28.9. The summed E-state index contributed by atoms with van der Waals surface area (Å²) in [6.45, 7) is 7.68. The molecule has 2 aromatic heterocycles. The monoisotopic (exact) mass is 1050 g/mol. The standard InChI is InChI=1S/2C22H17O2.C20H38O7S/c2*1-23-17-9-10-19-15(12-17)6-7-16-13-20-18-5-3-2-4-14(18)8-11-21(20)24-22(16)19;1-5-9-11-15(7-3)13-20(19(23)24,14-16(8-4)12-10-6-2)17(18(21)22)28(25,26)27/h2*2-5,8-13H,6-7H2,1H3;15-17H,5-14H2,1-4H3,(H,21,22)(H,23,24)(H,25,26,27)/q2*+1;/p-2. The fourth-order valence-electron chi connectivity index (χ4n) is 11.6. The van der Waals surface area contributed by atoms with Crippen LogP contribution in [0, 0.1) is 17.3 Å². The Bertz CT molecular complexity index is 3300. The predicted octanol–water partition coefficient (Wildman–Crippen LogP) is 13.2. The molecule has 398 valence electrons. The number of carboxylic acids is 2. The van der Waals surface area contributed by atoms with Gasteiger partial charge < -0.3 is 29.3 Å². The van der Waals surface area contributed by atoms with Crippen LogP contribution < -0.4 is 19.7 Å². The number of aliphatic carboxylic acids is 2. The number of aryl methyl sites for hydroxylation is 4.